The highest BCUT2D eigenvalue weighted by atomic mass is 19.1. The molecule has 0 atom stereocenters. The first-order valence-corrected chi connectivity index (χ1v) is 13.3. The SMILES string of the molecule is Cc1nc(OCC2CC2)c(-c2nc3c(c(=O)n(CCCN=O)c(=O)n3C(C)C)n2Cc2ccc(F)cc2)cc1F. The summed E-state index contributed by atoms with van der Waals surface area (Å²) in [5.41, 5.74) is 0.101. The van der Waals surface area contributed by atoms with E-state index in [0.29, 0.717) is 18.1 Å². The van der Waals surface area contributed by atoms with Crippen molar-refractivity contribution >= 4 is 11.2 Å². The van der Waals surface area contributed by atoms with Crippen LogP contribution in [0.25, 0.3) is 22.6 Å². The first kappa shape index (κ1) is 27.4. The van der Waals surface area contributed by atoms with Crippen LogP contribution in [-0.2, 0) is 13.1 Å². The van der Waals surface area contributed by atoms with E-state index in [1.807, 2.05) is 0 Å². The number of pyridine rings is 1. The van der Waals surface area contributed by atoms with Gasteiger partial charge >= 0.3 is 5.69 Å². The monoisotopic (exact) mass is 552 g/mol. The largest absolute Gasteiger partial charge is 0.477 e. The van der Waals surface area contributed by atoms with Gasteiger partial charge in [0, 0.05) is 19.1 Å². The summed E-state index contributed by atoms with van der Waals surface area (Å²) in [5, 5.41) is 2.83. The van der Waals surface area contributed by atoms with Gasteiger partial charge in [-0.2, -0.15) is 4.91 Å². The van der Waals surface area contributed by atoms with Gasteiger partial charge in [-0.15, -0.1) is 0 Å². The molecule has 3 heterocycles. The third-order valence-corrected chi connectivity index (χ3v) is 6.97. The lowest BCUT2D eigenvalue weighted by atomic mass is 10.2. The second-order valence-corrected chi connectivity index (χ2v) is 10.4. The van der Waals surface area contributed by atoms with Crippen LogP contribution in [0.4, 0.5) is 8.78 Å². The molecule has 4 aromatic rings. The van der Waals surface area contributed by atoms with Crippen LogP contribution in [0.5, 0.6) is 5.88 Å². The van der Waals surface area contributed by atoms with Crippen molar-refractivity contribution in [1.82, 2.24) is 23.7 Å². The van der Waals surface area contributed by atoms with Crippen LogP contribution in [0, 0.1) is 29.4 Å². The molecule has 12 heteroatoms. The van der Waals surface area contributed by atoms with Crippen LogP contribution in [0.1, 0.15) is 50.4 Å². The highest BCUT2D eigenvalue weighted by Gasteiger charge is 2.28. The Labute approximate surface area is 228 Å². The summed E-state index contributed by atoms with van der Waals surface area (Å²) >= 11 is 0. The summed E-state index contributed by atoms with van der Waals surface area (Å²) in [4.78, 5) is 47.1. The van der Waals surface area contributed by atoms with E-state index >= 15 is 0 Å². The minimum Gasteiger partial charge on any atom is -0.477 e. The lowest BCUT2D eigenvalue weighted by Crippen LogP contribution is -2.41. The smallest absolute Gasteiger partial charge is 0.332 e. The van der Waals surface area contributed by atoms with E-state index in [1.165, 1.54) is 29.7 Å². The van der Waals surface area contributed by atoms with E-state index in [9.17, 15) is 23.3 Å². The van der Waals surface area contributed by atoms with Crippen molar-refractivity contribution in [3.05, 3.63) is 79.0 Å². The van der Waals surface area contributed by atoms with Crippen LogP contribution in [0.15, 0.2) is 45.1 Å². The molecular weight excluding hydrogens is 522 g/mol. The maximum Gasteiger partial charge on any atom is 0.332 e. The standard InChI is InChI=1S/C28H30F2N6O4/c1-16(2)36-25-23(27(37)34(28(36)38)12-4-11-31-39)35(14-18-7-9-20(29)10-8-18)24(33-25)21-13-22(30)17(3)32-26(21)40-15-19-5-6-19/h7-10,13,16,19H,4-6,11-12,14-15H2,1-3H3. The van der Waals surface area contributed by atoms with Crippen molar-refractivity contribution in [3.8, 4) is 17.3 Å². The summed E-state index contributed by atoms with van der Waals surface area (Å²) in [6.07, 6.45) is 2.28. The number of nitrogens with zero attached hydrogens (tertiary/aromatic N) is 6. The van der Waals surface area contributed by atoms with Crippen molar-refractivity contribution in [2.24, 2.45) is 11.1 Å². The predicted octanol–water partition coefficient (Wildman–Crippen LogP) is 4.58. The van der Waals surface area contributed by atoms with Crippen LogP contribution >= 0.6 is 0 Å². The van der Waals surface area contributed by atoms with E-state index in [4.69, 9.17) is 9.72 Å². The maximum absolute atomic E-state index is 15.0. The van der Waals surface area contributed by atoms with E-state index in [2.05, 4.69) is 10.2 Å². The number of benzene rings is 1. The molecule has 1 aliphatic rings. The highest BCUT2D eigenvalue weighted by Crippen LogP contribution is 2.35. The number of nitroso groups, excluding NO2 is 1. The highest BCUT2D eigenvalue weighted by molar-refractivity contribution is 5.79. The number of rotatable bonds is 11. The fourth-order valence-corrected chi connectivity index (χ4v) is 4.65. The summed E-state index contributed by atoms with van der Waals surface area (Å²) in [6, 6.07) is 6.66. The zero-order valence-electron chi connectivity index (χ0n) is 22.6. The lowest BCUT2D eigenvalue weighted by molar-refractivity contribution is 0.288. The molecule has 40 heavy (non-hydrogen) atoms. The number of hydrogen-bond acceptors (Lipinski definition) is 7. The fraction of sp³-hybridized carbons (Fsp3) is 0.429. The van der Waals surface area contributed by atoms with E-state index in [1.54, 1.807) is 30.5 Å². The number of imidazole rings is 1. The molecule has 1 saturated carbocycles. The Hall–Kier alpha value is -4.22. The Morgan fingerprint density at radius 2 is 1.82 bits per heavy atom. The van der Waals surface area contributed by atoms with Crippen LogP contribution < -0.4 is 16.0 Å². The molecule has 0 saturated heterocycles. The van der Waals surface area contributed by atoms with Gasteiger partial charge in [0.05, 0.1) is 24.4 Å². The number of aryl methyl sites for hydroxylation is 1. The fourth-order valence-electron chi connectivity index (χ4n) is 4.65. The van der Waals surface area contributed by atoms with Crippen molar-refractivity contribution in [2.45, 2.75) is 59.2 Å². The Kier molecular flexibility index (Phi) is 7.59. The minimum absolute atomic E-state index is 0.0143. The van der Waals surface area contributed by atoms with E-state index in [0.717, 1.165) is 17.4 Å². The topological polar surface area (TPSA) is 113 Å². The number of hydrogen-bond donors (Lipinski definition) is 0. The van der Waals surface area contributed by atoms with Crippen LogP contribution in [-0.4, -0.2) is 36.8 Å². The molecule has 0 unspecified atom stereocenters. The number of fused-ring (bicyclic) bond motifs is 1. The molecule has 1 aromatic carbocycles. The third kappa shape index (κ3) is 5.30. The Morgan fingerprint density at radius 1 is 1.10 bits per heavy atom. The van der Waals surface area contributed by atoms with E-state index in [-0.39, 0.29) is 66.2 Å². The average Bonchev–Trinajstić information content (AvgIpc) is 3.68. The summed E-state index contributed by atoms with van der Waals surface area (Å²) in [5.74, 6) is -0.224. The molecule has 3 aromatic heterocycles. The molecule has 0 spiro atoms. The van der Waals surface area contributed by atoms with Crippen molar-refractivity contribution < 1.29 is 13.5 Å². The Bertz CT molecular complexity index is 1690. The van der Waals surface area contributed by atoms with Gasteiger partial charge in [0.15, 0.2) is 11.2 Å². The molecule has 0 bridgehead atoms. The second-order valence-electron chi connectivity index (χ2n) is 10.4. The quantitative estimate of drug-likeness (QED) is 0.199. The lowest BCUT2D eigenvalue weighted by Gasteiger charge is -2.15. The van der Waals surface area contributed by atoms with Crippen molar-refractivity contribution in [1.29, 1.82) is 0 Å². The Morgan fingerprint density at radius 3 is 2.48 bits per heavy atom. The molecule has 5 rings (SSSR count). The zero-order chi connectivity index (χ0) is 28.6. The van der Waals surface area contributed by atoms with Gasteiger partial charge in [-0.1, -0.05) is 17.3 Å². The molecular formula is C28H30F2N6O4. The maximum atomic E-state index is 15.0. The number of halogens is 2. The zero-order valence-corrected chi connectivity index (χ0v) is 22.6. The van der Waals surface area contributed by atoms with Gasteiger partial charge in [0.2, 0.25) is 5.88 Å². The van der Waals surface area contributed by atoms with E-state index < -0.39 is 22.9 Å². The molecule has 0 N–H and O–H groups in total. The molecule has 1 fully saturated rings. The minimum atomic E-state index is -0.607. The predicted molar refractivity (Wildman–Crippen MR) is 146 cm³/mol. The van der Waals surface area contributed by atoms with Gasteiger partial charge in [-0.25, -0.2) is 23.5 Å². The summed E-state index contributed by atoms with van der Waals surface area (Å²) in [6.45, 7) is 5.54. The van der Waals surface area contributed by atoms with Crippen LogP contribution in [0.3, 0.4) is 0 Å². The van der Waals surface area contributed by atoms with Crippen LogP contribution in [0.2, 0.25) is 0 Å². The normalized spacial score (nSPS) is 13.3. The van der Waals surface area contributed by atoms with Gasteiger partial charge in [-0.05, 0) is 69.7 Å². The third-order valence-electron chi connectivity index (χ3n) is 6.97. The molecule has 0 radical (unpaired) electrons. The molecule has 1 aliphatic carbocycles. The number of ether oxygens (including phenoxy) is 1. The van der Waals surface area contributed by atoms with Gasteiger partial charge in [0.1, 0.15) is 17.5 Å². The first-order valence-electron chi connectivity index (χ1n) is 13.3. The summed E-state index contributed by atoms with van der Waals surface area (Å²) < 4.78 is 38.7. The van der Waals surface area contributed by atoms with Gasteiger partial charge in [0.25, 0.3) is 5.56 Å². The summed E-state index contributed by atoms with van der Waals surface area (Å²) in [7, 11) is 0. The van der Waals surface area contributed by atoms with Crippen molar-refractivity contribution in [2.75, 3.05) is 13.2 Å². The van der Waals surface area contributed by atoms with Gasteiger partial charge in [-0.3, -0.25) is 13.9 Å². The molecule has 10 nitrogen and oxygen atoms in total. The Balaban J connectivity index is 1.81. The number of aromatic nitrogens is 5. The van der Waals surface area contributed by atoms with Crippen molar-refractivity contribution in [3.63, 3.8) is 0 Å². The molecule has 0 amide bonds. The molecule has 210 valence electrons. The second kappa shape index (κ2) is 11.1. The molecule has 0 aliphatic heterocycles. The first-order chi connectivity index (χ1) is 19.2. The van der Waals surface area contributed by atoms with Gasteiger partial charge < -0.3 is 9.30 Å². The average molecular weight is 553 g/mol.